The molecule has 0 saturated carbocycles. The third-order valence-corrected chi connectivity index (χ3v) is 5.45. The standard InChI is InChI=1S/C25H29N3O4S/c1-5-31-21-14-19(28-25(30)20-15-33-23(26-20)12-16(3)4)22(32-6-2)13-18(21)27-24(29)17-10-8-7-9-11-17/h7-11,13-16H,5-6,12H2,1-4H3,(H,27,29)(H,28,30). The van der Waals surface area contributed by atoms with E-state index in [9.17, 15) is 9.59 Å². The first-order chi connectivity index (χ1) is 15.9. The molecule has 0 spiro atoms. The fourth-order valence-corrected chi connectivity index (χ4v) is 4.12. The summed E-state index contributed by atoms with van der Waals surface area (Å²) in [7, 11) is 0. The van der Waals surface area contributed by atoms with Crippen molar-refractivity contribution in [3.05, 3.63) is 64.1 Å². The SMILES string of the molecule is CCOc1cc(NC(=O)c2csc(CC(C)C)n2)c(OCC)cc1NC(=O)c1ccccc1. The summed E-state index contributed by atoms with van der Waals surface area (Å²) in [6.07, 6.45) is 0.826. The maximum atomic E-state index is 12.9. The number of ether oxygens (including phenoxy) is 2. The number of hydrogen-bond donors (Lipinski definition) is 2. The van der Waals surface area contributed by atoms with Gasteiger partial charge in [-0.1, -0.05) is 32.0 Å². The highest BCUT2D eigenvalue weighted by Gasteiger charge is 2.19. The lowest BCUT2D eigenvalue weighted by Gasteiger charge is -2.17. The smallest absolute Gasteiger partial charge is 0.275 e. The van der Waals surface area contributed by atoms with E-state index >= 15 is 0 Å². The van der Waals surface area contributed by atoms with E-state index in [0.717, 1.165) is 11.4 Å². The summed E-state index contributed by atoms with van der Waals surface area (Å²) in [6, 6.07) is 12.2. The Morgan fingerprint density at radius 1 is 0.939 bits per heavy atom. The summed E-state index contributed by atoms with van der Waals surface area (Å²) in [4.78, 5) is 30.0. The number of aromatic nitrogens is 1. The molecular formula is C25H29N3O4S. The van der Waals surface area contributed by atoms with Crippen molar-refractivity contribution >= 4 is 34.5 Å². The largest absolute Gasteiger partial charge is 0.492 e. The van der Waals surface area contributed by atoms with Crippen molar-refractivity contribution in [2.75, 3.05) is 23.8 Å². The summed E-state index contributed by atoms with van der Waals surface area (Å²) in [6.45, 7) is 8.70. The predicted molar refractivity (Wildman–Crippen MR) is 132 cm³/mol. The molecule has 2 amide bonds. The Hall–Kier alpha value is -3.39. The summed E-state index contributed by atoms with van der Waals surface area (Å²) >= 11 is 1.47. The molecule has 0 bridgehead atoms. The third kappa shape index (κ3) is 6.55. The highest BCUT2D eigenvalue weighted by atomic mass is 32.1. The van der Waals surface area contributed by atoms with E-state index < -0.39 is 0 Å². The van der Waals surface area contributed by atoms with Crippen LogP contribution in [0.5, 0.6) is 11.5 Å². The minimum atomic E-state index is -0.328. The molecule has 3 aromatic rings. The van der Waals surface area contributed by atoms with E-state index in [1.807, 2.05) is 19.9 Å². The first-order valence-corrected chi connectivity index (χ1v) is 11.8. The molecule has 0 aliphatic carbocycles. The molecule has 0 aliphatic heterocycles. The van der Waals surface area contributed by atoms with Gasteiger partial charge in [0.1, 0.15) is 17.2 Å². The molecule has 0 radical (unpaired) electrons. The van der Waals surface area contributed by atoms with Gasteiger partial charge in [0.15, 0.2) is 0 Å². The zero-order valence-electron chi connectivity index (χ0n) is 19.3. The fourth-order valence-electron chi connectivity index (χ4n) is 3.13. The molecule has 2 N–H and O–H groups in total. The second kappa shape index (κ2) is 11.5. The van der Waals surface area contributed by atoms with E-state index in [1.54, 1.807) is 41.8 Å². The molecule has 0 atom stereocenters. The summed E-state index contributed by atoms with van der Waals surface area (Å²) in [5.41, 5.74) is 1.79. The maximum Gasteiger partial charge on any atom is 0.275 e. The van der Waals surface area contributed by atoms with Gasteiger partial charge in [-0.3, -0.25) is 9.59 Å². The molecular weight excluding hydrogens is 438 g/mol. The van der Waals surface area contributed by atoms with E-state index in [0.29, 0.717) is 53.3 Å². The molecule has 1 heterocycles. The number of carbonyl (C=O) groups excluding carboxylic acids is 2. The van der Waals surface area contributed by atoms with Crippen molar-refractivity contribution in [1.82, 2.24) is 4.98 Å². The van der Waals surface area contributed by atoms with Gasteiger partial charge in [-0.15, -0.1) is 11.3 Å². The quantitative estimate of drug-likeness (QED) is 0.403. The zero-order chi connectivity index (χ0) is 23.8. The number of rotatable bonds is 10. The van der Waals surface area contributed by atoms with Crippen LogP contribution < -0.4 is 20.1 Å². The maximum absolute atomic E-state index is 12.9. The van der Waals surface area contributed by atoms with Crippen LogP contribution in [0.15, 0.2) is 47.8 Å². The van der Waals surface area contributed by atoms with E-state index in [4.69, 9.17) is 9.47 Å². The first-order valence-electron chi connectivity index (χ1n) is 11.0. The molecule has 174 valence electrons. The molecule has 0 saturated heterocycles. The molecule has 33 heavy (non-hydrogen) atoms. The van der Waals surface area contributed by atoms with Gasteiger partial charge < -0.3 is 20.1 Å². The highest BCUT2D eigenvalue weighted by Crippen LogP contribution is 2.37. The van der Waals surface area contributed by atoms with E-state index in [1.165, 1.54) is 11.3 Å². The lowest BCUT2D eigenvalue weighted by molar-refractivity contribution is 0.101. The van der Waals surface area contributed by atoms with Gasteiger partial charge in [0.2, 0.25) is 0 Å². The third-order valence-electron chi connectivity index (χ3n) is 4.58. The second-order valence-corrected chi connectivity index (χ2v) is 8.65. The van der Waals surface area contributed by atoms with Gasteiger partial charge in [0, 0.05) is 29.5 Å². The van der Waals surface area contributed by atoms with Crippen molar-refractivity contribution in [1.29, 1.82) is 0 Å². The average molecular weight is 468 g/mol. The molecule has 7 nitrogen and oxygen atoms in total. The fraction of sp³-hybridized carbons (Fsp3) is 0.320. The van der Waals surface area contributed by atoms with Gasteiger partial charge in [-0.25, -0.2) is 4.98 Å². The Balaban J connectivity index is 1.87. The van der Waals surface area contributed by atoms with E-state index in [-0.39, 0.29) is 11.8 Å². The summed E-state index contributed by atoms with van der Waals surface area (Å²) in [5, 5.41) is 8.43. The minimum absolute atomic E-state index is 0.268. The van der Waals surface area contributed by atoms with Crippen LogP contribution in [0.1, 0.15) is 53.5 Å². The van der Waals surface area contributed by atoms with Crippen molar-refractivity contribution < 1.29 is 19.1 Å². The van der Waals surface area contributed by atoms with Crippen LogP contribution in [-0.2, 0) is 6.42 Å². The first kappa shape index (κ1) is 24.3. The summed E-state index contributed by atoms with van der Waals surface area (Å²) in [5.74, 6) is 0.722. The van der Waals surface area contributed by atoms with E-state index in [2.05, 4.69) is 29.5 Å². The van der Waals surface area contributed by atoms with Crippen molar-refractivity contribution in [2.45, 2.75) is 34.1 Å². The Kier molecular flexibility index (Phi) is 8.43. The van der Waals surface area contributed by atoms with Gasteiger partial charge in [0.05, 0.1) is 29.6 Å². The topological polar surface area (TPSA) is 89.6 Å². The molecule has 8 heteroatoms. The average Bonchev–Trinajstić information content (AvgIpc) is 3.25. The Bertz CT molecular complexity index is 1100. The van der Waals surface area contributed by atoms with Crippen LogP contribution in [0.25, 0.3) is 0 Å². The highest BCUT2D eigenvalue weighted by molar-refractivity contribution is 7.09. The zero-order valence-corrected chi connectivity index (χ0v) is 20.1. The summed E-state index contributed by atoms with van der Waals surface area (Å²) < 4.78 is 11.5. The molecule has 0 fully saturated rings. The Labute approximate surface area is 198 Å². The van der Waals surface area contributed by atoms with Crippen molar-refractivity contribution in [2.24, 2.45) is 5.92 Å². The van der Waals surface area contributed by atoms with Crippen LogP contribution in [0.4, 0.5) is 11.4 Å². The molecule has 0 unspecified atom stereocenters. The Morgan fingerprint density at radius 2 is 1.52 bits per heavy atom. The lowest BCUT2D eigenvalue weighted by Crippen LogP contribution is -2.16. The molecule has 1 aromatic heterocycles. The second-order valence-electron chi connectivity index (χ2n) is 7.71. The monoisotopic (exact) mass is 467 g/mol. The number of benzene rings is 2. The number of carbonyl (C=O) groups is 2. The molecule has 0 aliphatic rings. The van der Waals surface area contributed by atoms with Gasteiger partial charge in [-0.2, -0.15) is 0 Å². The number of anilines is 2. The minimum Gasteiger partial charge on any atom is -0.492 e. The van der Waals surface area contributed by atoms with Crippen LogP contribution in [0, 0.1) is 5.92 Å². The Morgan fingerprint density at radius 3 is 2.06 bits per heavy atom. The van der Waals surface area contributed by atoms with Gasteiger partial charge >= 0.3 is 0 Å². The van der Waals surface area contributed by atoms with Crippen LogP contribution >= 0.6 is 11.3 Å². The van der Waals surface area contributed by atoms with Gasteiger partial charge in [0.25, 0.3) is 11.8 Å². The van der Waals surface area contributed by atoms with Crippen LogP contribution in [0.3, 0.4) is 0 Å². The molecule has 3 rings (SSSR count). The number of nitrogens with zero attached hydrogens (tertiary/aromatic N) is 1. The number of amides is 2. The predicted octanol–water partition coefficient (Wildman–Crippen LogP) is 5.64. The number of thiazole rings is 1. The molecule has 2 aromatic carbocycles. The van der Waals surface area contributed by atoms with Crippen LogP contribution in [-0.4, -0.2) is 30.0 Å². The lowest BCUT2D eigenvalue weighted by atomic mass is 10.1. The van der Waals surface area contributed by atoms with Crippen LogP contribution in [0.2, 0.25) is 0 Å². The number of hydrogen-bond acceptors (Lipinski definition) is 6. The number of nitrogens with one attached hydrogen (secondary N) is 2. The van der Waals surface area contributed by atoms with Crippen molar-refractivity contribution in [3.63, 3.8) is 0 Å². The van der Waals surface area contributed by atoms with Crippen molar-refractivity contribution in [3.8, 4) is 11.5 Å². The normalized spacial score (nSPS) is 10.7. The van der Waals surface area contributed by atoms with Gasteiger partial charge in [-0.05, 0) is 31.9 Å².